The highest BCUT2D eigenvalue weighted by molar-refractivity contribution is 9.11. The summed E-state index contributed by atoms with van der Waals surface area (Å²) in [5.74, 6) is 0. The Bertz CT molecular complexity index is 229. The van der Waals surface area contributed by atoms with Gasteiger partial charge in [-0.05, 0) is 37.2 Å². The first-order valence-corrected chi connectivity index (χ1v) is 6.84. The number of rotatable bonds is 5. The lowest BCUT2D eigenvalue weighted by atomic mass is 10.0. The van der Waals surface area contributed by atoms with E-state index in [1.54, 1.807) is 0 Å². The summed E-state index contributed by atoms with van der Waals surface area (Å²) in [5, 5.41) is 0.578. The van der Waals surface area contributed by atoms with E-state index in [1.165, 1.54) is 0 Å². The topological polar surface area (TPSA) is 0 Å². The maximum Gasteiger partial charge on any atom is 0.0515 e. The van der Waals surface area contributed by atoms with E-state index >= 15 is 0 Å². The number of halogens is 4. The van der Waals surface area contributed by atoms with Crippen LogP contribution in [0.15, 0.2) is 22.2 Å². The van der Waals surface area contributed by atoms with Crippen LogP contribution >= 0.6 is 55.1 Å². The lowest BCUT2D eigenvalue weighted by molar-refractivity contribution is 0.618. The molecule has 0 fully saturated rings. The van der Waals surface area contributed by atoms with Crippen LogP contribution in [-0.2, 0) is 0 Å². The van der Waals surface area contributed by atoms with E-state index in [0.29, 0.717) is 5.03 Å². The molecule has 0 nitrogen and oxygen atoms in total. The molecular formula is C10H14Br2Cl2. The quantitative estimate of drug-likeness (QED) is 0.441. The van der Waals surface area contributed by atoms with Crippen LogP contribution in [0.5, 0.6) is 0 Å². The van der Waals surface area contributed by atoms with Gasteiger partial charge in [-0.1, -0.05) is 50.0 Å². The van der Waals surface area contributed by atoms with E-state index < -0.39 is 0 Å². The van der Waals surface area contributed by atoms with Crippen molar-refractivity contribution in [3.8, 4) is 0 Å². The fourth-order valence-electron chi connectivity index (χ4n) is 0.875. The molecule has 0 saturated carbocycles. The van der Waals surface area contributed by atoms with E-state index in [-0.39, 0.29) is 9.70 Å². The van der Waals surface area contributed by atoms with Gasteiger partial charge in [0, 0.05) is 9.86 Å². The summed E-state index contributed by atoms with van der Waals surface area (Å²) in [7, 11) is 0. The molecule has 0 rings (SSSR count). The molecule has 0 amide bonds. The van der Waals surface area contributed by atoms with Crippen molar-refractivity contribution in [2.24, 2.45) is 0 Å². The van der Waals surface area contributed by atoms with Crippen LogP contribution in [0.25, 0.3) is 0 Å². The molecule has 0 N–H and O–H groups in total. The predicted octanol–water partition coefficient (Wildman–Crippen LogP) is 5.58. The number of allylic oxidation sites excluding steroid dienone is 2. The summed E-state index contributed by atoms with van der Waals surface area (Å²) in [6.07, 6.45) is 1.79. The number of hydrogen-bond acceptors (Lipinski definition) is 0. The van der Waals surface area contributed by atoms with Crippen molar-refractivity contribution >= 4 is 55.1 Å². The molecule has 0 aromatic rings. The van der Waals surface area contributed by atoms with Crippen molar-refractivity contribution in [2.45, 2.75) is 36.4 Å². The monoisotopic (exact) mass is 362 g/mol. The minimum Gasteiger partial charge on any atom is -0.119 e. The largest absolute Gasteiger partial charge is 0.119 e. The molecule has 82 valence electrons. The Kier molecular flexibility index (Phi) is 7.05. The van der Waals surface area contributed by atoms with Gasteiger partial charge in [-0.15, -0.1) is 11.6 Å². The zero-order valence-corrected chi connectivity index (χ0v) is 13.0. The van der Waals surface area contributed by atoms with Crippen LogP contribution in [0.3, 0.4) is 0 Å². The van der Waals surface area contributed by atoms with Crippen molar-refractivity contribution in [1.82, 2.24) is 0 Å². The molecule has 0 aromatic heterocycles. The highest BCUT2D eigenvalue weighted by atomic mass is 79.9. The van der Waals surface area contributed by atoms with Crippen LogP contribution in [0.1, 0.15) is 26.7 Å². The standard InChI is InChI=1S/C10H14Br2Cl2/c1-7(13)8(6-11)4-5-9(12)10(2,3)14/h6,9H,1,4-5H2,2-3H3/b8-6-/t9-/m1/s1. The summed E-state index contributed by atoms with van der Waals surface area (Å²) in [6, 6.07) is 0. The van der Waals surface area contributed by atoms with Crippen LogP contribution in [-0.4, -0.2) is 9.70 Å². The summed E-state index contributed by atoms with van der Waals surface area (Å²) in [6.45, 7) is 7.66. The highest BCUT2D eigenvalue weighted by Crippen LogP contribution is 2.31. The van der Waals surface area contributed by atoms with Crippen LogP contribution in [0.2, 0.25) is 0 Å². The normalized spacial score (nSPS) is 15.4. The van der Waals surface area contributed by atoms with Gasteiger partial charge in [-0.3, -0.25) is 0 Å². The number of alkyl halides is 2. The Morgan fingerprint density at radius 1 is 1.57 bits per heavy atom. The van der Waals surface area contributed by atoms with E-state index in [4.69, 9.17) is 23.2 Å². The van der Waals surface area contributed by atoms with Crippen molar-refractivity contribution in [1.29, 1.82) is 0 Å². The van der Waals surface area contributed by atoms with Gasteiger partial charge in [-0.2, -0.15) is 0 Å². The molecule has 4 heteroatoms. The van der Waals surface area contributed by atoms with Gasteiger partial charge >= 0.3 is 0 Å². The van der Waals surface area contributed by atoms with E-state index in [9.17, 15) is 0 Å². The number of hydrogen-bond donors (Lipinski definition) is 0. The SMILES string of the molecule is C=C(Cl)/C(=C\Br)CC[C@@H](Br)C(C)(C)Cl. The third-order valence-electron chi connectivity index (χ3n) is 1.89. The van der Waals surface area contributed by atoms with Gasteiger partial charge in [0.2, 0.25) is 0 Å². The molecule has 0 spiro atoms. The average molecular weight is 365 g/mol. The molecule has 1 atom stereocenters. The maximum absolute atomic E-state index is 6.16. The van der Waals surface area contributed by atoms with Gasteiger partial charge in [0.25, 0.3) is 0 Å². The Hall–Kier alpha value is 1.02. The smallest absolute Gasteiger partial charge is 0.0515 e. The second-order valence-electron chi connectivity index (χ2n) is 3.61. The summed E-state index contributed by atoms with van der Waals surface area (Å²) < 4.78 is 0. The lowest BCUT2D eigenvalue weighted by Gasteiger charge is -2.23. The van der Waals surface area contributed by atoms with Crippen LogP contribution in [0, 0.1) is 0 Å². The van der Waals surface area contributed by atoms with Crippen molar-refractivity contribution in [3.05, 3.63) is 22.2 Å². The molecule has 0 aliphatic carbocycles. The first kappa shape index (κ1) is 15.0. The Morgan fingerprint density at radius 2 is 2.07 bits per heavy atom. The molecule has 0 radical (unpaired) electrons. The lowest BCUT2D eigenvalue weighted by Crippen LogP contribution is -2.24. The zero-order valence-electron chi connectivity index (χ0n) is 8.29. The van der Waals surface area contributed by atoms with E-state index in [1.807, 2.05) is 18.8 Å². The average Bonchev–Trinajstić information content (AvgIpc) is 2.02. The first-order valence-electron chi connectivity index (χ1n) is 4.26. The van der Waals surface area contributed by atoms with E-state index in [2.05, 4.69) is 38.4 Å². The molecule has 0 aliphatic rings. The molecule has 0 saturated heterocycles. The molecule has 14 heavy (non-hydrogen) atoms. The molecular weight excluding hydrogens is 351 g/mol. The van der Waals surface area contributed by atoms with Gasteiger partial charge in [0.1, 0.15) is 0 Å². The van der Waals surface area contributed by atoms with E-state index in [0.717, 1.165) is 18.4 Å². The summed E-state index contributed by atoms with van der Waals surface area (Å²) in [4.78, 5) is 1.82. The minimum atomic E-state index is -0.245. The summed E-state index contributed by atoms with van der Waals surface area (Å²) in [5.41, 5.74) is 1.01. The minimum absolute atomic E-state index is 0.245. The first-order chi connectivity index (χ1) is 6.29. The second kappa shape index (κ2) is 6.57. The predicted molar refractivity (Wildman–Crippen MR) is 73.9 cm³/mol. The molecule has 0 aromatic carbocycles. The van der Waals surface area contributed by atoms with Gasteiger partial charge < -0.3 is 0 Å². The van der Waals surface area contributed by atoms with Gasteiger partial charge in [0.05, 0.1) is 4.87 Å². The van der Waals surface area contributed by atoms with Crippen LogP contribution in [0.4, 0.5) is 0 Å². The van der Waals surface area contributed by atoms with Crippen LogP contribution < -0.4 is 0 Å². The van der Waals surface area contributed by atoms with Crippen molar-refractivity contribution in [3.63, 3.8) is 0 Å². The van der Waals surface area contributed by atoms with Gasteiger partial charge in [-0.25, -0.2) is 0 Å². The van der Waals surface area contributed by atoms with Crippen molar-refractivity contribution < 1.29 is 0 Å². The zero-order chi connectivity index (χ0) is 11.4. The molecule has 0 heterocycles. The maximum atomic E-state index is 6.16. The Labute approximate surface area is 113 Å². The van der Waals surface area contributed by atoms with Crippen molar-refractivity contribution in [2.75, 3.05) is 0 Å². The molecule has 0 aliphatic heterocycles. The third-order valence-corrected chi connectivity index (χ3v) is 4.82. The fourth-order valence-corrected chi connectivity index (χ4v) is 2.00. The Morgan fingerprint density at radius 3 is 2.36 bits per heavy atom. The highest BCUT2D eigenvalue weighted by Gasteiger charge is 2.24. The molecule has 0 unspecified atom stereocenters. The fraction of sp³-hybridized carbons (Fsp3) is 0.600. The summed E-state index contributed by atoms with van der Waals surface area (Å²) >= 11 is 18.8. The molecule has 0 bridgehead atoms. The van der Waals surface area contributed by atoms with Gasteiger partial charge in [0.15, 0.2) is 0 Å². The third kappa shape index (κ3) is 5.79. The Balaban J connectivity index is 4.13. The second-order valence-corrected chi connectivity index (χ2v) is 6.60.